The lowest BCUT2D eigenvalue weighted by molar-refractivity contribution is -0.193. The largest absolute Gasteiger partial charge is 0.401 e. The average Bonchev–Trinajstić information content (AvgIpc) is 1.87. The van der Waals surface area contributed by atoms with Gasteiger partial charge in [-0.15, -0.1) is 0 Å². The minimum absolute atomic E-state index is 0.190. The molecule has 0 aromatic heterocycles. The Balaban J connectivity index is 1.71. The van der Waals surface area contributed by atoms with Crippen molar-refractivity contribution in [2.24, 2.45) is 5.41 Å². The van der Waals surface area contributed by atoms with Gasteiger partial charge in [0.05, 0.1) is 6.54 Å². The van der Waals surface area contributed by atoms with Crippen LogP contribution in [0.25, 0.3) is 0 Å². The predicted molar refractivity (Wildman–Crippen MR) is 51.6 cm³/mol. The van der Waals surface area contributed by atoms with Crippen LogP contribution < -0.4 is 0 Å². The molecule has 2 saturated heterocycles. The third-order valence-electron chi connectivity index (χ3n) is 3.33. The highest BCUT2D eigenvalue weighted by molar-refractivity contribution is 5.06. The summed E-state index contributed by atoms with van der Waals surface area (Å²) in [6.45, 7) is 6.69. The van der Waals surface area contributed by atoms with Crippen molar-refractivity contribution in [1.82, 2.24) is 9.80 Å². The van der Waals surface area contributed by atoms with E-state index in [1.165, 1.54) is 4.90 Å². The third kappa shape index (κ3) is 2.28. The Morgan fingerprint density at radius 1 is 1.13 bits per heavy atom. The molecule has 0 atom stereocenters. The van der Waals surface area contributed by atoms with Crippen molar-refractivity contribution in [3.8, 4) is 0 Å². The van der Waals surface area contributed by atoms with E-state index in [0.717, 1.165) is 13.1 Å². The van der Waals surface area contributed by atoms with Crippen LogP contribution in [0.4, 0.5) is 13.2 Å². The summed E-state index contributed by atoms with van der Waals surface area (Å²) in [5, 5.41) is 0. The number of likely N-dealkylation sites (tertiary alicyclic amines) is 2. The van der Waals surface area contributed by atoms with E-state index < -0.39 is 12.7 Å². The molecule has 0 amide bonds. The predicted octanol–water partition coefficient (Wildman–Crippen LogP) is 1.57. The molecular formula is C10H17F3N2. The highest BCUT2D eigenvalue weighted by Gasteiger charge is 2.53. The molecule has 5 heteroatoms. The van der Waals surface area contributed by atoms with E-state index in [2.05, 4.69) is 18.7 Å². The molecule has 88 valence electrons. The smallest absolute Gasteiger partial charge is 0.300 e. The van der Waals surface area contributed by atoms with Gasteiger partial charge in [0.25, 0.3) is 0 Å². The first-order valence-corrected chi connectivity index (χ1v) is 5.33. The first-order chi connectivity index (χ1) is 6.80. The van der Waals surface area contributed by atoms with E-state index in [1.807, 2.05) is 0 Å². The molecule has 15 heavy (non-hydrogen) atoms. The molecule has 0 saturated carbocycles. The molecule has 0 aliphatic carbocycles. The molecule has 0 N–H and O–H groups in total. The zero-order valence-electron chi connectivity index (χ0n) is 9.14. The standard InChI is InChI=1S/C10H17F3N2/c1-8(2)15-5-9(6-15)3-14(4-9)7-10(11,12)13/h8H,3-7H2,1-2H3. The average molecular weight is 222 g/mol. The number of rotatable bonds is 2. The second-order valence-corrected chi connectivity index (χ2v) is 5.26. The van der Waals surface area contributed by atoms with Gasteiger partial charge in [-0.25, -0.2) is 0 Å². The lowest BCUT2D eigenvalue weighted by Gasteiger charge is -2.61. The van der Waals surface area contributed by atoms with E-state index in [1.54, 1.807) is 0 Å². The normalized spacial score (nSPS) is 26.8. The van der Waals surface area contributed by atoms with Crippen molar-refractivity contribution >= 4 is 0 Å². The monoisotopic (exact) mass is 222 g/mol. The van der Waals surface area contributed by atoms with Crippen LogP contribution in [0.2, 0.25) is 0 Å². The minimum atomic E-state index is -4.04. The summed E-state index contributed by atoms with van der Waals surface area (Å²) in [6.07, 6.45) is -4.04. The highest BCUT2D eigenvalue weighted by Crippen LogP contribution is 2.41. The van der Waals surface area contributed by atoms with E-state index in [0.29, 0.717) is 19.1 Å². The third-order valence-corrected chi connectivity index (χ3v) is 3.33. The van der Waals surface area contributed by atoms with Crippen molar-refractivity contribution in [3.63, 3.8) is 0 Å². The van der Waals surface area contributed by atoms with Crippen molar-refractivity contribution in [1.29, 1.82) is 0 Å². The molecule has 2 rings (SSSR count). The fraction of sp³-hybridized carbons (Fsp3) is 1.00. The van der Waals surface area contributed by atoms with E-state index in [-0.39, 0.29) is 5.41 Å². The number of hydrogen-bond donors (Lipinski definition) is 0. The van der Waals surface area contributed by atoms with Crippen LogP contribution in [0, 0.1) is 5.41 Å². The van der Waals surface area contributed by atoms with Crippen LogP contribution in [0.5, 0.6) is 0 Å². The van der Waals surface area contributed by atoms with Gasteiger partial charge in [-0.05, 0) is 13.8 Å². The Hall–Kier alpha value is -0.290. The maximum atomic E-state index is 12.1. The molecule has 1 spiro atoms. The molecule has 2 nitrogen and oxygen atoms in total. The summed E-state index contributed by atoms with van der Waals surface area (Å²) in [5.74, 6) is 0. The Morgan fingerprint density at radius 3 is 2.07 bits per heavy atom. The molecular weight excluding hydrogens is 205 g/mol. The lowest BCUT2D eigenvalue weighted by atomic mass is 9.72. The Bertz CT molecular complexity index is 236. The summed E-state index contributed by atoms with van der Waals surface area (Å²) in [6, 6.07) is 0.521. The van der Waals surface area contributed by atoms with Crippen molar-refractivity contribution in [3.05, 3.63) is 0 Å². The molecule has 0 radical (unpaired) electrons. The van der Waals surface area contributed by atoms with Gasteiger partial charge in [-0.3, -0.25) is 9.80 Å². The van der Waals surface area contributed by atoms with E-state index >= 15 is 0 Å². The van der Waals surface area contributed by atoms with Crippen LogP contribution in [0.1, 0.15) is 13.8 Å². The van der Waals surface area contributed by atoms with Crippen molar-refractivity contribution in [2.75, 3.05) is 32.7 Å². The first kappa shape index (κ1) is 11.2. The summed E-state index contributed by atoms with van der Waals surface area (Å²) < 4.78 is 36.2. The molecule has 0 bridgehead atoms. The quantitative estimate of drug-likeness (QED) is 0.700. The van der Waals surface area contributed by atoms with Crippen LogP contribution >= 0.6 is 0 Å². The SMILES string of the molecule is CC(C)N1CC2(CN(CC(F)(F)F)C2)C1. The highest BCUT2D eigenvalue weighted by atomic mass is 19.4. The van der Waals surface area contributed by atoms with Gasteiger partial charge in [-0.1, -0.05) is 0 Å². The maximum absolute atomic E-state index is 12.1. The fourth-order valence-corrected chi connectivity index (χ4v) is 2.65. The summed E-state index contributed by atoms with van der Waals surface area (Å²) in [5.41, 5.74) is 0.190. The van der Waals surface area contributed by atoms with Gasteiger partial charge in [0.15, 0.2) is 0 Å². The number of hydrogen-bond acceptors (Lipinski definition) is 2. The molecule has 0 aromatic rings. The summed E-state index contributed by atoms with van der Waals surface area (Å²) >= 11 is 0. The van der Waals surface area contributed by atoms with Gasteiger partial charge in [0.1, 0.15) is 0 Å². The van der Waals surface area contributed by atoms with Crippen molar-refractivity contribution in [2.45, 2.75) is 26.1 Å². The van der Waals surface area contributed by atoms with Gasteiger partial charge in [0.2, 0.25) is 0 Å². The Labute approximate surface area is 88.0 Å². The number of halogens is 3. The summed E-state index contributed by atoms with van der Waals surface area (Å²) in [7, 11) is 0. The Morgan fingerprint density at radius 2 is 1.67 bits per heavy atom. The van der Waals surface area contributed by atoms with Crippen LogP contribution in [0.3, 0.4) is 0 Å². The second kappa shape index (κ2) is 3.35. The Kier molecular flexibility index (Phi) is 2.50. The van der Waals surface area contributed by atoms with Gasteiger partial charge < -0.3 is 0 Å². The van der Waals surface area contributed by atoms with Gasteiger partial charge in [-0.2, -0.15) is 13.2 Å². The van der Waals surface area contributed by atoms with E-state index in [9.17, 15) is 13.2 Å². The minimum Gasteiger partial charge on any atom is -0.300 e. The number of alkyl halides is 3. The first-order valence-electron chi connectivity index (χ1n) is 5.33. The molecule has 2 fully saturated rings. The maximum Gasteiger partial charge on any atom is 0.401 e. The van der Waals surface area contributed by atoms with Crippen LogP contribution in [-0.4, -0.2) is 54.7 Å². The van der Waals surface area contributed by atoms with Crippen LogP contribution in [0.15, 0.2) is 0 Å². The van der Waals surface area contributed by atoms with Crippen LogP contribution in [-0.2, 0) is 0 Å². The summed E-state index contributed by atoms with van der Waals surface area (Å²) in [4.78, 5) is 3.81. The van der Waals surface area contributed by atoms with Gasteiger partial charge >= 0.3 is 6.18 Å². The zero-order valence-corrected chi connectivity index (χ0v) is 9.14. The second-order valence-electron chi connectivity index (χ2n) is 5.26. The van der Waals surface area contributed by atoms with E-state index in [4.69, 9.17) is 0 Å². The zero-order chi connectivity index (χ0) is 11.3. The molecule has 2 aliphatic rings. The lowest BCUT2D eigenvalue weighted by Crippen LogP contribution is -2.73. The molecule has 2 heterocycles. The fourth-order valence-electron chi connectivity index (χ4n) is 2.65. The molecule has 0 unspecified atom stereocenters. The van der Waals surface area contributed by atoms with Crippen molar-refractivity contribution < 1.29 is 13.2 Å². The number of nitrogens with zero attached hydrogens (tertiary/aromatic N) is 2. The van der Waals surface area contributed by atoms with Gasteiger partial charge in [0, 0.05) is 37.6 Å². The topological polar surface area (TPSA) is 6.48 Å². The molecule has 2 aliphatic heterocycles. The molecule has 0 aromatic carbocycles.